The zero-order valence-corrected chi connectivity index (χ0v) is 13.9. The lowest BCUT2D eigenvalue weighted by Gasteiger charge is -2.15. The van der Waals surface area contributed by atoms with E-state index in [4.69, 9.17) is 0 Å². The fraction of sp³-hybridized carbons (Fsp3) is 0.444. The third-order valence-electron chi connectivity index (χ3n) is 3.98. The topological polar surface area (TPSA) is 46.9 Å². The van der Waals surface area contributed by atoms with E-state index < -0.39 is 0 Å². The van der Waals surface area contributed by atoms with Crippen LogP contribution in [0.25, 0.3) is 5.69 Å². The molecule has 0 fully saturated rings. The Morgan fingerprint density at radius 3 is 2.73 bits per heavy atom. The standard InChI is InChI=1S/C18H25N3O/c1-5-6-10-19-12-16-18(22)11-14(3)21(20-16)17-9-7-8-13(2)15(17)4/h7-9,11,19H,5-6,10,12H2,1-4H3. The van der Waals surface area contributed by atoms with Gasteiger partial charge in [-0.3, -0.25) is 4.79 Å². The van der Waals surface area contributed by atoms with Crippen LogP contribution in [0.15, 0.2) is 29.1 Å². The van der Waals surface area contributed by atoms with Crippen LogP contribution in [0.3, 0.4) is 0 Å². The van der Waals surface area contributed by atoms with Gasteiger partial charge in [0.25, 0.3) is 0 Å². The van der Waals surface area contributed by atoms with Crippen molar-refractivity contribution in [2.45, 2.75) is 47.1 Å². The Balaban J connectivity index is 2.36. The maximum Gasteiger partial charge on any atom is 0.204 e. The van der Waals surface area contributed by atoms with Gasteiger partial charge in [0.1, 0.15) is 5.69 Å². The van der Waals surface area contributed by atoms with Crippen LogP contribution in [0.4, 0.5) is 0 Å². The van der Waals surface area contributed by atoms with Gasteiger partial charge in [0.05, 0.1) is 5.69 Å². The van der Waals surface area contributed by atoms with Gasteiger partial charge in [-0.1, -0.05) is 25.5 Å². The quantitative estimate of drug-likeness (QED) is 0.834. The van der Waals surface area contributed by atoms with Gasteiger partial charge in [-0.2, -0.15) is 5.10 Å². The minimum atomic E-state index is 0.00283. The minimum Gasteiger partial charge on any atom is -0.311 e. The summed E-state index contributed by atoms with van der Waals surface area (Å²) in [6.07, 6.45) is 2.25. The lowest BCUT2D eigenvalue weighted by atomic mass is 10.1. The molecule has 1 heterocycles. The molecule has 4 nitrogen and oxygen atoms in total. The van der Waals surface area contributed by atoms with Crippen LogP contribution in [-0.4, -0.2) is 16.3 Å². The van der Waals surface area contributed by atoms with Gasteiger partial charge in [-0.05, 0) is 50.9 Å². The Labute approximate surface area is 132 Å². The summed E-state index contributed by atoms with van der Waals surface area (Å²) < 4.78 is 1.88. The molecule has 0 radical (unpaired) electrons. The maximum absolute atomic E-state index is 12.1. The second-order valence-corrected chi connectivity index (χ2v) is 5.76. The number of aromatic nitrogens is 2. The van der Waals surface area contributed by atoms with E-state index in [0.29, 0.717) is 12.2 Å². The summed E-state index contributed by atoms with van der Waals surface area (Å²) in [4.78, 5) is 12.1. The zero-order chi connectivity index (χ0) is 16.1. The van der Waals surface area contributed by atoms with Crippen LogP contribution in [0, 0.1) is 20.8 Å². The van der Waals surface area contributed by atoms with Gasteiger partial charge in [0, 0.05) is 18.3 Å². The molecule has 4 heteroatoms. The van der Waals surface area contributed by atoms with Crippen LogP contribution in [0.5, 0.6) is 0 Å². The molecule has 0 saturated carbocycles. The van der Waals surface area contributed by atoms with Crippen LogP contribution < -0.4 is 10.7 Å². The summed E-state index contributed by atoms with van der Waals surface area (Å²) in [5, 5.41) is 7.88. The van der Waals surface area contributed by atoms with Crippen molar-refractivity contribution in [3.8, 4) is 5.69 Å². The minimum absolute atomic E-state index is 0.00283. The molecule has 2 rings (SSSR count). The summed E-state index contributed by atoms with van der Waals surface area (Å²) >= 11 is 0. The van der Waals surface area contributed by atoms with Crippen LogP contribution in [-0.2, 0) is 6.54 Å². The molecule has 0 aliphatic rings. The molecule has 0 amide bonds. The Hall–Kier alpha value is -1.94. The van der Waals surface area contributed by atoms with E-state index in [2.05, 4.69) is 37.3 Å². The molecule has 0 unspecified atom stereocenters. The van der Waals surface area contributed by atoms with Crippen molar-refractivity contribution in [2.75, 3.05) is 6.54 Å². The highest BCUT2D eigenvalue weighted by Crippen LogP contribution is 2.17. The van der Waals surface area contributed by atoms with E-state index in [1.54, 1.807) is 6.07 Å². The van der Waals surface area contributed by atoms with Gasteiger partial charge in [0.2, 0.25) is 5.43 Å². The Morgan fingerprint density at radius 1 is 1.23 bits per heavy atom. The van der Waals surface area contributed by atoms with E-state index in [9.17, 15) is 4.79 Å². The summed E-state index contributed by atoms with van der Waals surface area (Å²) in [5.74, 6) is 0. The molecule has 0 atom stereocenters. The first-order chi connectivity index (χ1) is 10.5. The number of hydrogen-bond acceptors (Lipinski definition) is 3. The van der Waals surface area contributed by atoms with Crippen molar-refractivity contribution < 1.29 is 0 Å². The number of unbranched alkanes of at least 4 members (excludes halogenated alkanes) is 1. The summed E-state index contributed by atoms with van der Waals surface area (Å²) in [5.41, 5.74) is 4.88. The van der Waals surface area contributed by atoms with Gasteiger partial charge >= 0.3 is 0 Å². The van der Waals surface area contributed by atoms with Crippen molar-refractivity contribution in [3.05, 3.63) is 57.0 Å². The van der Waals surface area contributed by atoms with Gasteiger partial charge in [0.15, 0.2) is 0 Å². The van der Waals surface area contributed by atoms with Crippen molar-refractivity contribution in [1.82, 2.24) is 15.1 Å². The molecule has 0 aliphatic carbocycles. The third-order valence-corrected chi connectivity index (χ3v) is 3.98. The van der Waals surface area contributed by atoms with Crippen LogP contribution in [0.2, 0.25) is 0 Å². The first-order valence-corrected chi connectivity index (χ1v) is 7.91. The smallest absolute Gasteiger partial charge is 0.204 e. The van der Waals surface area contributed by atoms with Crippen molar-refractivity contribution in [2.24, 2.45) is 0 Å². The summed E-state index contributed by atoms with van der Waals surface area (Å²) in [6.45, 7) is 9.68. The highest BCUT2D eigenvalue weighted by Gasteiger charge is 2.10. The molecule has 0 spiro atoms. The van der Waals surface area contributed by atoms with Gasteiger partial charge in [-0.15, -0.1) is 0 Å². The first kappa shape index (κ1) is 16.4. The Morgan fingerprint density at radius 2 is 2.00 bits per heavy atom. The van der Waals surface area contributed by atoms with Gasteiger partial charge < -0.3 is 5.32 Å². The monoisotopic (exact) mass is 299 g/mol. The molecule has 1 aromatic heterocycles. The fourth-order valence-electron chi connectivity index (χ4n) is 2.42. The second kappa shape index (κ2) is 7.36. The normalized spacial score (nSPS) is 10.9. The van der Waals surface area contributed by atoms with E-state index in [1.807, 2.05) is 23.7 Å². The molecular formula is C18H25N3O. The summed E-state index contributed by atoms with van der Waals surface area (Å²) in [7, 11) is 0. The number of benzene rings is 1. The molecule has 0 bridgehead atoms. The summed E-state index contributed by atoms with van der Waals surface area (Å²) in [6, 6.07) is 7.83. The number of nitrogens with zero attached hydrogens (tertiary/aromatic N) is 2. The fourth-order valence-corrected chi connectivity index (χ4v) is 2.42. The predicted octanol–water partition coefficient (Wildman–Crippen LogP) is 3.05. The van der Waals surface area contributed by atoms with Crippen molar-refractivity contribution >= 4 is 0 Å². The van der Waals surface area contributed by atoms with E-state index in [0.717, 1.165) is 30.8 Å². The number of rotatable bonds is 6. The van der Waals surface area contributed by atoms with Gasteiger partial charge in [-0.25, -0.2) is 4.68 Å². The largest absolute Gasteiger partial charge is 0.311 e. The molecule has 0 saturated heterocycles. The highest BCUT2D eigenvalue weighted by atomic mass is 16.1. The first-order valence-electron chi connectivity index (χ1n) is 7.91. The molecule has 1 N–H and O–H groups in total. The zero-order valence-electron chi connectivity index (χ0n) is 13.9. The predicted molar refractivity (Wildman–Crippen MR) is 90.7 cm³/mol. The molecule has 2 aromatic rings. The van der Waals surface area contributed by atoms with Crippen LogP contribution in [0.1, 0.15) is 42.3 Å². The molecule has 118 valence electrons. The Bertz CT molecular complexity index is 704. The average molecular weight is 299 g/mol. The number of aryl methyl sites for hydroxylation is 2. The molecular weight excluding hydrogens is 274 g/mol. The third kappa shape index (κ3) is 3.63. The van der Waals surface area contributed by atoms with Crippen LogP contribution >= 0.6 is 0 Å². The second-order valence-electron chi connectivity index (χ2n) is 5.76. The maximum atomic E-state index is 12.1. The van der Waals surface area contributed by atoms with E-state index in [1.165, 1.54) is 11.1 Å². The van der Waals surface area contributed by atoms with E-state index in [-0.39, 0.29) is 5.43 Å². The lowest BCUT2D eigenvalue weighted by Crippen LogP contribution is -2.25. The van der Waals surface area contributed by atoms with Crippen molar-refractivity contribution in [1.29, 1.82) is 0 Å². The Kier molecular flexibility index (Phi) is 5.50. The SMILES string of the molecule is CCCCNCc1nn(-c2cccc(C)c2C)c(C)cc1=O. The lowest BCUT2D eigenvalue weighted by molar-refractivity contribution is 0.614. The van der Waals surface area contributed by atoms with E-state index >= 15 is 0 Å². The number of hydrogen-bond donors (Lipinski definition) is 1. The molecule has 0 aliphatic heterocycles. The number of nitrogens with one attached hydrogen (secondary N) is 1. The average Bonchev–Trinajstić information content (AvgIpc) is 2.49. The molecule has 22 heavy (non-hydrogen) atoms. The van der Waals surface area contributed by atoms with Crippen molar-refractivity contribution in [3.63, 3.8) is 0 Å². The highest BCUT2D eigenvalue weighted by molar-refractivity contribution is 5.44. The molecule has 1 aromatic carbocycles.